The Kier molecular flexibility index (Phi) is 5.69. The Bertz CT molecular complexity index is 1050. The second kappa shape index (κ2) is 8.43. The molecule has 3 heterocycles. The van der Waals surface area contributed by atoms with Crippen molar-refractivity contribution < 1.29 is 13.9 Å². The van der Waals surface area contributed by atoms with Gasteiger partial charge in [0, 0.05) is 25.2 Å². The summed E-state index contributed by atoms with van der Waals surface area (Å²) in [6.45, 7) is 6.45. The minimum Gasteiger partial charge on any atom is -0.387 e. The lowest BCUT2D eigenvalue weighted by atomic mass is 9.86. The fourth-order valence-electron chi connectivity index (χ4n) is 3.64. The zero-order valence-corrected chi connectivity index (χ0v) is 17.5. The molecular weight excluding hydrogens is 399 g/mol. The molecule has 1 saturated heterocycles. The molecule has 0 radical (unpaired) electrons. The fourth-order valence-corrected chi connectivity index (χ4v) is 3.64. The van der Waals surface area contributed by atoms with Crippen molar-refractivity contribution in [2.75, 3.05) is 36.5 Å². The van der Waals surface area contributed by atoms with Crippen molar-refractivity contribution in [3.05, 3.63) is 59.3 Å². The number of halogens is 1. The lowest BCUT2D eigenvalue weighted by Gasteiger charge is -2.31. The van der Waals surface area contributed by atoms with Gasteiger partial charge in [-0.3, -0.25) is 10.2 Å². The van der Waals surface area contributed by atoms with Crippen molar-refractivity contribution in [3.63, 3.8) is 0 Å². The molecule has 31 heavy (non-hydrogen) atoms. The fraction of sp³-hybridized carbons (Fsp3) is 0.364. The van der Waals surface area contributed by atoms with Gasteiger partial charge < -0.3 is 20.3 Å². The van der Waals surface area contributed by atoms with Crippen LogP contribution >= 0.6 is 0 Å². The number of aromatic nitrogens is 2. The van der Waals surface area contributed by atoms with E-state index in [1.54, 1.807) is 24.4 Å². The average Bonchev–Trinajstić information content (AvgIpc) is 3.00. The molecule has 1 aromatic carbocycles. The van der Waals surface area contributed by atoms with Gasteiger partial charge in [-0.15, -0.1) is 0 Å². The van der Waals surface area contributed by atoms with Crippen LogP contribution in [0.3, 0.4) is 0 Å². The second-order valence-electron chi connectivity index (χ2n) is 7.99. The molecule has 4 rings (SSSR count). The van der Waals surface area contributed by atoms with E-state index in [0.717, 1.165) is 5.56 Å². The van der Waals surface area contributed by atoms with Crippen molar-refractivity contribution in [2.45, 2.75) is 25.8 Å². The van der Waals surface area contributed by atoms with Gasteiger partial charge in [-0.1, -0.05) is 18.2 Å². The number of benzene rings is 1. The second-order valence-corrected chi connectivity index (χ2v) is 7.99. The van der Waals surface area contributed by atoms with Gasteiger partial charge in [-0.05, 0) is 32.2 Å². The third-order valence-electron chi connectivity index (χ3n) is 5.48. The van der Waals surface area contributed by atoms with E-state index in [4.69, 9.17) is 10.1 Å². The largest absolute Gasteiger partial charge is 0.387 e. The molecule has 8 nitrogen and oxygen atoms in total. The smallest absolute Gasteiger partial charge is 0.235 e. The minimum absolute atomic E-state index is 0.0808. The Morgan fingerprint density at radius 1 is 1.32 bits per heavy atom. The number of anilines is 2. The predicted octanol–water partition coefficient (Wildman–Crippen LogP) is 2.35. The van der Waals surface area contributed by atoms with Gasteiger partial charge in [-0.25, -0.2) is 14.4 Å². The summed E-state index contributed by atoms with van der Waals surface area (Å²) >= 11 is 0. The van der Waals surface area contributed by atoms with Crippen LogP contribution in [0.4, 0.5) is 16.0 Å². The maximum absolute atomic E-state index is 13.7. The van der Waals surface area contributed by atoms with Gasteiger partial charge in [0.05, 0.1) is 24.2 Å². The monoisotopic (exact) mass is 424 g/mol. The number of morpholine rings is 1. The number of nitrogens with one attached hydrogen (secondary N) is 3. The third kappa shape index (κ3) is 4.13. The third-order valence-corrected chi connectivity index (χ3v) is 5.48. The molecule has 0 spiro atoms. The SMILES string of the molecule is CC1(C)C(=O)Nc2nc(C(=N)/C=C\NCc3ccccc3F)nc(N3CCOCC3)c21. The molecule has 1 fully saturated rings. The van der Waals surface area contributed by atoms with Gasteiger partial charge in [0.15, 0.2) is 5.82 Å². The van der Waals surface area contributed by atoms with E-state index in [1.165, 1.54) is 12.1 Å². The first-order valence-corrected chi connectivity index (χ1v) is 10.2. The highest BCUT2D eigenvalue weighted by Gasteiger charge is 2.43. The molecule has 1 amide bonds. The zero-order chi connectivity index (χ0) is 22.0. The van der Waals surface area contributed by atoms with Crippen molar-refractivity contribution in [3.8, 4) is 0 Å². The number of allylic oxidation sites excluding steroid dienone is 1. The molecule has 0 unspecified atom stereocenters. The summed E-state index contributed by atoms with van der Waals surface area (Å²) in [6, 6.07) is 6.52. The molecule has 1 aromatic heterocycles. The number of carbonyl (C=O) groups is 1. The van der Waals surface area contributed by atoms with Crippen LogP contribution in [-0.4, -0.2) is 47.9 Å². The first-order valence-electron chi connectivity index (χ1n) is 10.2. The van der Waals surface area contributed by atoms with E-state index in [-0.39, 0.29) is 23.3 Å². The van der Waals surface area contributed by atoms with E-state index in [0.29, 0.717) is 50.0 Å². The minimum atomic E-state index is -0.763. The highest BCUT2D eigenvalue weighted by Crippen LogP contribution is 2.41. The summed E-state index contributed by atoms with van der Waals surface area (Å²) in [7, 11) is 0. The summed E-state index contributed by atoms with van der Waals surface area (Å²) in [5.74, 6) is 0.885. The maximum Gasteiger partial charge on any atom is 0.235 e. The van der Waals surface area contributed by atoms with Crippen LogP contribution in [0.2, 0.25) is 0 Å². The molecule has 2 aliphatic rings. The average molecular weight is 424 g/mol. The zero-order valence-electron chi connectivity index (χ0n) is 17.5. The van der Waals surface area contributed by atoms with Gasteiger partial charge in [-0.2, -0.15) is 0 Å². The number of ether oxygens (including phenoxy) is 1. The number of hydrogen-bond donors (Lipinski definition) is 3. The standard InChI is InChI=1S/C22H25FN6O2/c1-22(2)17-19(28-21(22)30)26-18(27-20(17)29-9-11-31-12-10-29)16(24)7-8-25-13-14-5-3-4-6-15(14)23/h3-8,24-25H,9-13H2,1-2H3,(H,26,27,28,30)/b8-7-,24-16?. The molecule has 0 atom stereocenters. The van der Waals surface area contributed by atoms with E-state index >= 15 is 0 Å². The number of hydrogen-bond acceptors (Lipinski definition) is 7. The highest BCUT2D eigenvalue weighted by molar-refractivity contribution is 6.08. The molecular formula is C22H25FN6O2. The summed E-state index contributed by atoms with van der Waals surface area (Å²) in [5, 5.41) is 14.2. The van der Waals surface area contributed by atoms with E-state index < -0.39 is 5.41 Å². The van der Waals surface area contributed by atoms with Gasteiger partial charge in [0.2, 0.25) is 5.91 Å². The van der Waals surface area contributed by atoms with E-state index in [9.17, 15) is 9.18 Å². The maximum atomic E-state index is 13.7. The van der Waals surface area contributed by atoms with Crippen molar-refractivity contribution in [1.29, 1.82) is 5.41 Å². The summed E-state index contributed by atoms with van der Waals surface area (Å²) < 4.78 is 19.2. The quantitative estimate of drug-likeness (QED) is 0.615. The van der Waals surface area contributed by atoms with Crippen LogP contribution in [0.25, 0.3) is 0 Å². The molecule has 162 valence electrons. The summed E-state index contributed by atoms with van der Waals surface area (Å²) in [4.78, 5) is 23.7. The van der Waals surface area contributed by atoms with Crippen LogP contribution in [0.1, 0.15) is 30.8 Å². The first kappa shape index (κ1) is 20.9. The predicted molar refractivity (Wildman–Crippen MR) is 116 cm³/mol. The number of amides is 1. The highest BCUT2D eigenvalue weighted by atomic mass is 19.1. The Balaban J connectivity index is 1.57. The van der Waals surface area contributed by atoms with Gasteiger partial charge >= 0.3 is 0 Å². The van der Waals surface area contributed by atoms with Gasteiger partial charge in [0.25, 0.3) is 0 Å². The summed E-state index contributed by atoms with van der Waals surface area (Å²) in [6.07, 6.45) is 3.09. The Labute approximate surface area is 180 Å². The van der Waals surface area contributed by atoms with Crippen LogP contribution in [0.5, 0.6) is 0 Å². The molecule has 2 aliphatic heterocycles. The lowest BCUT2D eigenvalue weighted by molar-refractivity contribution is -0.119. The molecule has 0 saturated carbocycles. The summed E-state index contributed by atoms with van der Waals surface area (Å²) in [5.41, 5.74) is 0.600. The number of nitrogens with zero attached hydrogens (tertiary/aromatic N) is 3. The molecule has 0 bridgehead atoms. The number of rotatable bonds is 6. The topological polar surface area (TPSA) is 103 Å². The molecule has 9 heteroatoms. The Morgan fingerprint density at radius 3 is 2.81 bits per heavy atom. The van der Waals surface area contributed by atoms with E-state index in [2.05, 4.69) is 25.5 Å². The van der Waals surface area contributed by atoms with E-state index in [1.807, 2.05) is 13.8 Å². The lowest BCUT2D eigenvalue weighted by Crippen LogP contribution is -2.39. The van der Waals surface area contributed by atoms with Crippen molar-refractivity contribution in [2.24, 2.45) is 0 Å². The van der Waals surface area contributed by atoms with Crippen LogP contribution in [0.15, 0.2) is 36.5 Å². The normalized spacial score (nSPS) is 17.5. The van der Waals surface area contributed by atoms with Crippen LogP contribution in [-0.2, 0) is 21.5 Å². The molecule has 3 N–H and O–H groups in total. The molecule has 2 aromatic rings. The first-order chi connectivity index (χ1) is 14.9. The Morgan fingerprint density at radius 2 is 2.06 bits per heavy atom. The van der Waals surface area contributed by atoms with Crippen LogP contribution < -0.4 is 15.5 Å². The van der Waals surface area contributed by atoms with Gasteiger partial charge in [0.1, 0.15) is 23.2 Å². The van der Waals surface area contributed by atoms with Crippen molar-refractivity contribution >= 4 is 23.3 Å². The van der Waals surface area contributed by atoms with Crippen LogP contribution in [0, 0.1) is 11.2 Å². The number of carbonyl (C=O) groups excluding carboxylic acids is 1. The Hall–Kier alpha value is -3.33. The number of fused-ring (bicyclic) bond motifs is 1. The van der Waals surface area contributed by atoms with Crippen molar-refractivity contribution in [1.82, 2.24) is 15.3 Å². The molecule has 0 aliphatic carbocycles.